The predicted octanol–water partition coefficient (Wildman–Crippen LogP) is 4.00. The second-order valence-corrected chi connectivity index (χ2v) is 5.59. The van der Waals surface area contributed by atoms with Gasteiger partial charge in [-0.05, 0) is 60.7 Å². The first-order chi connectivity index (χ1) is 13.0. The zero-order valence-corrected chi connectivity index (χ0v) is 14.4. The average Bonchev–Trinajstić information content (AvgIpc) is 2.70. The van der Waals surface area contributed by atoms with E-state index in [9.17, 15) is 14.0 Å². The lowest BCUT2D eigenvalue weighted by Crippen LogP contribution is -2.12. The smallest absolute Gasteiger partial charge is 0.337 e. The standard InChI is InChI=1S/C20H16FN3O3/c1-27-20(26)13-2-7-16(8-3-13)23-18-11-4-14(12-22-18)19(25)24-17-9-5-15(21)6-10-17/h2-12H,1H3,(H,22,23)(H,24,25). The Balaban J connectivity index is 1.63. The number of ether oxygens (including phenoxy) is 1. The number of nitrogens with zero attached hydrogens (tertiary/aromatic N) is 1. The van der Waals surface area contributed by atoms with Crippen LogP contribution < -0.4 is 10.6 Å². The maximum atomic E-state index is 12.9. The molecule has 3 aromatic rings. The number of amides is 1. The van der Waals surface area contributed by atoms with Crippen LogP contribution in [0.1, 0.15) is 20.7 Å². The molecule has 136 valence electrons. The highest BCUT2D eigenvalue weighted by Crippen LogP contribution is 2.17. The molecule has 6 nitrogen and oxygen atoms in total. The van der Waals surface area contributed by atoms with Crippen molar-refractivity contribution in [1.29, 1.82) is 0 Å². The number of carbonyl (C=O) groups is 2. The number of anilines is 3. The van der Waals surface area contributed by atoms with Gasteiger partial charge in [0.2, 0.25) is 0 Å². The van der Waals surface area contributed by atoms with E-state index in [0.29, 0.717) is 22.6 Å². The third-order valence-electron chi connectivity index (χ3n) is 3.71. The van der Waals surface area contributed by atoms with Gasteiger partial charge in [-0.15, -0.1) is 0 Å². The van der Waals surface area contributed by atoms with Crippen LogP contribution in [0.2, 0.25) is 0 Å². The number of aromatic nitrogens is 1. The van der Waals surface area contributed by atoms with Crippen LogP contribution in [0.25, 0.3) is 0 Å². The first kappa shape index (κ1) is 18.1. The number of esters is 1. The summed E-state index contributed by atoms with van der Waals surface area (Å²) in [5.41, 5.74) is 2.04. The lowest BCUT2D eigenvalue weighted by molar-refractivity contribution is 0.0600. The van der Waals surface area contributed by atoms with Crippen molar-refractivity contribution in [2.45, 2.75) is 0 Å². The molecule has 3 rings (SSSR count). The van der Waals surface area contributed by atoms with E-state index in [2.05, 4.69) is 20.4 Å². The molecule has 2 N–H and O–H groups in total. The maximum Gasteiger partial charge on any atom is 0.337 e. The second-order valence-electron chi connectivity index (χ2n) is 5.59. The van der Waals surface area contributed by atoms with E-state index < -0.39 is 5.97 Å². The molecule has 0 saturated heterocycles. The number of halogens is 1. The van der Waals surface area contributed by atoms with Crippen molar-refractivity contribution in [2.24, 2.45) is 0 Å². The quantitative estimate of drug-likeness (QED) is 0.668. The number of carbonyl (C=O) groups excluding carboxylic acids is 2. The Labute approximate surface area is 155 Å². The molecule has 0 saturated carbocycles. The highest BCUT2D eigenvalue weighted by Gasteiger charge is 2.08. The van der Waals surface area contributed by atoms with Crippen molar-refractivity contribution in [3.05, 3.63) is 83.8 Å². The number of nitrogens with one attached hydrogen (secondary N) is 2. The molecule has 0 spiro atoms. The van der Waals surface area contributed by atoms with E-state index in [1.54, 1.807) is 36.4 Å². The molecule has 1 heterocycles. The van der Waals surface area contributed by atoms with Crippen LogP contribution in [0, 0.1) is 5.82 Å². The third-order valence-corrected chi connectivity index (χ3v) is 3.71. The molecule has 27 heavy (non-hydrogen) atoms. The minimum absolute atomic E-state index is 0.344. The molecular weight excluding hydrogens is 349 g/mol. The Bertz CT molecular complexity index is 940. The van der Waals surface area contributed by atoms with Crippen LogP contribution in [0.5, 0.6) is 0 Å². The summed E-state index contributed by atoms with van der Waals surface area (Å²) in [6.45, 7) is 0. The second kappa shape index (κ2) is 8.09. The van der Waals surface area contributed by atoms with Crippen molar-refractivity contribution in [1.82, 2.24) is 4.98 Å². The SMILES string of the molecule is COC(=O)c1ccc(Nc2ccc(C(=O)Nc3ccc(F)cc3)cn2)cc1. The van der Waals surface area contributed by atoms with Crippen LogP contribution in [0.15, 0.2) is 66.9 Å². The van der Waals surface area contributed by atoms with Gasteiger partial charge < -0.3 is 15.4 Å². The summed E-state index contributed by atoms with van der Waals surface area (Å²) < 4.78 is 17.5. The van der Waals surface area contributed by atoms with E-state index >= 15 is 0 Å². The van der Waals surface area contributed by atoms with Crippen LogP contribution >= 0.6 is 0 Å². The van der Waals surface area contributed by atoms with E-state index in [4.69, 9.17) is 0 Å². The number of hydrogen-bond acceptors (Lipinski definition) is 5. The number of rotatable bonds is 5. The van der Waals surface area contributed by atoms with E-state index in [1.807, 2.05) is 0 Å². The lowest BCUT2D eigenvalue weighted by atomic mass is 10.2. The minimum atomic E-state index is -0.406. The molecule has 0 aliphatic heterocycles. The Morgan fingerprint density at radius 3 is 2.11 bits per heavy atom. The Hall–Kier alpha value is -3.74. The summed E-state index contributed by atoms with van der Waals surface area (Å²) in [5, 5.41) is 5.74. The van der Waals surface area contributed by atoms with Crippen molar-refractivity contribution in [3.8, 4) is 0 Å². The summed E-state index contributed by atoms with van der Waals surface area (Å²) in [6.07, 6.45) is 1.43. The van der Waals surface area contributed by atoms with Gasteiger partial charge in [-0.25, -0.2) is 14.2 Å². The zero-order valence-electron chi connectivity index (χ0n) is 14.4. The molecular formula is C20H16FN3O3. The van der Waals surface area contributed by atoms with E-state index in [1.165, 1.54) is 37.6 Å². The molecule has 1 aromatic heterocycles. The summed E-state index contributed by atoms with van der Waals surface area (Å²) in [4.78, 5) is 27.8. The van der Waals surface area contributed by atoms with Gasteiger partial charge in [0, 0.05) is 17.6 Å². The molecule has 0 atom stereocenters. The van der Waals surface area contributed by atoms with Crippen LogP contribution in [0.4, 0.5) is 21.6 Å². The highest BCUT2D eigenvalue weighted by atomic mass is 19.1. The molecule has 0 fully saturated rings. The maximum absolute atomic E-state index is 12.9. The number of hydrogen-bond donors (Lipinski definition) is 2. The van der Waals surface area contributed by atoms with Crippen molar-refractivity contribution >= 4 is 29.1 Å². The van der Waals surface area contributed by atoms with Gasteiger partial charge in [0.25, 0.3) is 5.91 Å². The highest BCUT2D eigenvalue weighted by molar-refractivity contribution is 6.04. The fourth-order valence-corrected chi connectivity index (χ4v) is 2.29. The number of pyridine rings is 1. The first-order valence-corrected chi connectivity index (χ1v) is 8.03. The predicted molar refractivity (Wildman–Crippen MR) is 99.7 cm³/mol. The summed E-state index contributed by atoms with van der Waals surface area (Å²) in [5.74, 6) is -0.580. The Morgan fingerprint density at radius 2 is 1.52 bits per heavy atom. The summed E-state index contributed by atoms with van der Waals surface area (Å²) >= 11 is 0. The number of methoxy groups -OCH3 is 1. The molecule has 1 amide bonds. The fourth-order valence-electron chi connectivity index (χ4n) is 2.29. The van der Waals surface area contributed by atoms with E-state index in [-0.39, 0.29) is 11.7 Å². The van der Waals surface area contributed by atoms with E-state index in [0.717, 1.165) is 5.69 Å². The molecule has 0 bridgehead atoms. The van der Waals surface area contributed by atoms with Crippen molar-refractivity contribution in [2.75, 3.05) is 17.7 Å². The van der Waals surface area contributed by atoms with Gasteiger partial charge in [-0.3, -0.25) is 4.79 Å². The minimum Gasteiger partial charge on any atom is -0.465 e. The molecule has 0 radical (unpaired) electrons. The molecule has 0 unspecified atom stereocenters. The fraction of sp³-hybridized carbons (Fsp3) is 0.0500. The van der Waals surface area contributed by atoms with Crippen LogP contribution in [0.3, 0.4) is 0 Å². The van der Waals surface area contributed by atoms with Gasteiger partial charge in [0.05, 0.1) is 18.2 Å². The third kappa shape index (κ3) is 4.66. The number of benzene rings is 2. The monoisotopic (exact) mass is 365 g/mol. The molecule has 7 heteroatoms. The first-order valence-electron chi connectivity index (χ1n) is 8.03. The van der Waals surface area contributed by atoms with Crippen LogP contribution in [-0.2, 0) is 4.74 Å². The zero-order chi connectivity index (χ0) is 19.2. The molecule has 2 aromatic carbocycles. The molecule has 0 aliphatic rings. The lowest BCUT2D eigenvalue weighted by Gasteiger charge is -2.08. The van der Waals surface area contributed by atoms with Gasteiger partial charge in [0.15, 0.2) is 0 Å². The van der Waals surface area contributed by atoms with Gasteiger partial charge in [-0.2, -0.15) is 0 Å². The van der Waals surface area contributed by atoms with Gasteiger partial charge in [0.1, 0.15) is 11.6 Å². The van der Waals surface area contributed by atoms with Crippen molar-refractivity contribution < 1.29 is 18.7 Å². The Kier molecular flexibility index (Phi) is 5.41. The van der Waals surface area contributed by atoms with Gasteiger partial charge in [-0.1, -0.05) is 0 Å². The summed E-state index contributed by atoms with van der Waals surface area (Å²) in [7, 11) is 1.33. The van der Waals surface area contributed by atoms with Crippen molar-refractivity contribution in [3.63, 3.8) is 0 Å². The molecule has 0 aliphatic carbocycles. The Morgan fingerprint density at radius 1 is 0.889 bits per heavy atom. The topological polar surface area (TPSA) is 80.3 Å². The van der Waals surface area contributed by atoms with Gasteiger partial charge >= 0.3 is 5.97 Å². The van der Waals surface area contributed by atoms with Crippen LogP contribution in [-0.4, -0.2) is 24.0 Å². The largest absolute Gasteiger partial charge is 0.465 e. The summed E-state index contributed by atoms with van der Waals surface area (Å²) in [6, 6.07) is 15.5. The average molecular weight is 365 g/mol. The normalized spacial score (nSPS) is 10.1.